The van der Waals surface area contributed by atoms with E-state index in [-0.39, 0.29) is 42.9 Å². The molecule has 2 aliphatic heterocycles. The molecule has 0 aliphatic carbocycles. The zero-order valence-electron chi connectivity index (χ0n) is 13.7. The monoisotopic (exact) mass is 326 g/mol. The van der Waals surface area contributed by atoms with Crippen molar-refractivity contribution in [3.8, 4) is 0 Å². The molecule has 0 aromatic carbocycles. The van der Waals surface area contributed by atoms with Crippen LogP contribution in [0.1, 0.15) is 19.3 Å². The van der Waals surface area contributed by atoms with Crippen molar-refractivity contribution in [3.05, 3.63) is 12.2 Å². The molecule has 23 heavy (non-hydrogen) atoms. The lowest BCUT2D eigenvalue weighted by Gasteiger charge is -2.33. The van der Waals surface area contributed by atoms with Crippen molar-refractivity contribution in [3.63, 3.8) is 0 Å². The summed E-state index contributed by atoms with van der Waals surface area (Å²) in [5.74, 6) is -0.126. The number of amides is 2. The second kappa shape index (κ2) is 8.42. The lowest BCUT2D eigenvalue weighted by atomic mass is 9.97. The normalized spacial score (nSPS) is 28.4. The number of hydrogen-bond donors (Lipinski definition) is 2. The summed E-state index contributed by atoms with van der Waals surface area (Å²) in [4.78, 5) is 25.5. The third-order valence-electron chi connectivity index (χ3n) is 4.24. The highest BCUT2D eigenvalue weighted by atomic mass is 16.5. The van der Waals surface area contributed by atoms with E-state index >= 15 is 0 Å². The van der Waals surface area contributed by atoms with E-state index in [4.69, 9.17) is 9.47 Å². The van der Waals surface area contributed by atoms with Crippen molar-refractivity contribution in [2.45, 2.75) is 37.5 Å². The maximum Gasteiger partial charge on any atom is 0.224 e. The van der Waals surface area contributed by atoms with E-state index in [0.29, 0.717) is 26.1 Å². The van der Waals surface area contributed by atoms with Crippen LogP contribution in [-0.2, 0) is 19.1 Å². The molecule has 2 amide bonds. The highest BCUT2D eigenvalue weighted by Gasteiger charge is 2.31. The Labute approximate surface area is 136 Å². The van der Waals surface area contributed by atoms with Crippen molar-refractivity contribution >= 4 is 11.8 Å². The number of aliphatic hydroxyl groups is 1. The highest BCUT2D eigenvalue weighted by molar-refractivity contribution is 5.79. The van der Waals surface area contributed by atoms with Gasteiger partial charge >= 0.3 is 0 Å². The van der Waals surface area contributed by atoms with Gasteiger partial charge in [-0.2, -0.15) is 0 Å². The molecule has 0 saturated carbocycles. The van der Waals surface area contributed by atoms with E-state index in [2.05, 4.69) is 5.32 Å². The number of ether oxygens (including phenoxy) is 2. The summed E-state index contributed by atoms with van der Waals surface area (Å²) >= 11 is 0. The number of carbonyl (C=O) groups is 2. The second-order valence-corrected chi connectivity index (χ2v) is 6.19. The maximum atomic E-state index is 12.3. The molecule has 2 heterocycles. The average Bonchev–Trinajstić information content (AvgIpc) is 2.56. The average molecular weight is 326 g/mol. The standard InChI is InChI=1S/C16H26N2O5/c1-18(2)15(20)9-12-3-4-13(14(10-19)23-12)17-16(21)11-5-7-22-8-6-11/h3-4,11-14,19H,5-10H2,1-2H3,(H,17,21)/t12-,13-,14+/m1/s1. The fraction of sp³-hybridized carbons (Fsp3) is 0.750. The molecule has 2 aliphatic rings. The molecule has 0 spiro atoms. The van der Waals surface area contributed by atoms with Gasteiger partial charge in [-0.05, 0) is 12.8 Å². The molecule has 7 nitrogen and oxygen atoms in total. The Morgan fingerprint density at radius 1 is 1.26 bits per heavy atom. The minimum Gasteiger partial charge on any atom is -0.394 e. The third kappa shape index (κ3) is 5.02. The molecule has 1 fully saturated rings. The summed E-state index contributed by atoms with van der Waals surface area (Å²) in [6.45, 7) is 0.996. The zero-order chi connectivity index (χ0) is 16.8. The fourth-order valence-electron chi connectivity index (χ4n) is 2.73. The van der Waals surface area contributed by atoms with Crippen molar-refractivity contribution < 1.29 is 24.2 Å². The van der Waals surface area contributed by atoms with Gasteiger partial charge in [-0.25, -0.2) is 0 Å². The Morgan fingerprint density at radius 2 is 1.96 bits per heavy atom. The van der Waals surface area contributed by atoms with Crippen LogP contribution in [-0.4, -0.2) is 74.0 Å². The minimum atomic E-state index is -0.538. The van der Waals surface area contributed by atoms with Gasteiger partial charge in [-0.3, -0.25) is 9.59 Å². The first-order valence-corrected chi connectivity index (χ1v) is 8.04. The van der Waals surface area contributed by atoms with Gasteiger partial charge in [-0.1, -0.05) is 12.2 Å². The molecule has 2 rings (SSSR count). The van der Waals surface area contributed by atoms with Crippen LogP contribution < -0.4 is 5.32 Å². The van der Waals surface area contributed by atoms with Gasteiger partial charge in [0.25, 0.3) is 0 Å². The van der Waals surface area contributed by atoms with Crippen LogP contribution in [0, 0.1) is 5.92 Å². The van der Waals surface area contributed by atoms with E-state index in [1.54, 1.807) is 20.2 Å². The van der Waals surface area contributed by atoms with Crippen LogP contribution in [0.2, 0.25) is 0 Å². The van der Waals surface area contributed by atoms with Gasteiger partial charge in [0.15, 0.2) is 0 Å². The van der Waals surface area contributed by atoms with Crippen molar-refractivity contribution in [2.24, 2.45) is 5.92 Å². The molecule has 130 valence electrons. The molecule has 0 aromatic rings. The first-order valence-electron chi connectivity index (χ1n) is 8.04. The Balaban J connectivity index is 1.91. The lowest BCUT2D eigenvalue weighted by molar-refractivity contribution is -0.135. The molecule has 1 saturated heterocycles. The topological polar surface area (TPSA) is 88.1 Å². The number of rotatable bonds is 5. The molecule has 3 atom stereocenters. The molecule has 0 radical (unpaired) electrons. The van der Waals surface area contributed by atoms with Gasteiger partial charge < -0.3 is 24.8 Å². The van der Waals surface area contributed by atoms with E-state index < -0.39 is 6.10 Å². The first kappa shape index (κ1) is 17.9. The molecular formula is C16H26N2O5. The number of hydrogen-bond acceptors (Lipinski definition) is 5. The number of nitrogens with one attached hydrogen (secondary N) is 1. The lowest BCUT2D eigenvalue weighted by Crippen LogP contribution is -2.50. The number of carbonyl (C=O) groups excluding carboxylic acids is 2. The SMILES string of the molecule is CN(C)C(=O)C[C@H]1C=C[C@@H](NC(=O)C2CCOCC2)[C@H](CO)O1. The van der Waals surface area contributed by atoms with E-state index in [1.165, 1.54) is 4.90 Å². The quantitative estimate of drug-likeness (QED) is 0.677. The van der Waals surface area contributed by atoms with Crippen molar-refractivity contribution in [2.75, 3.05) is 33.9 Å². The Hall–Kier alpha value is -1.44. The van der Waals surface area contributed by atoms with Crippen LogP contribution in [0.5, 0.6) is 0 Å². The van der Waals surface area contributed by atoms with E-state index in [1.807, 2.05) is 6.08 Å². The van der Waals surface area contributed by atoms with Crippen LogP contribution in [0.4, 0.5) is 0 Å². The van der Waals surface area contributed by atoms with Crippen molar-refractivity contribution in [1.29, 1.82) is 0 Å². The predicted molar refractivity (Wildman–Crippen MR) is 83.7 cm³/mol. The smallest absolute Gasteiger partial charge is 0.224 e. The Bertz CT molecular complexity index is 446. The third-order valence-corrected chi connectivity index (χ3v) is 4.24. The summed E-state index contributed by atoms with van der Waals surface area (Å²) in [6, 6.07) is -0.374. The zero-order valence-corrected chi connectivity index (χ0v) is 13.7. The van der Waals surface area contributed by atoms with E-state index in [0.717, 1.165) is 0 Å². The summed E-state index contributed by atoms with van der Waals surface area (Å²) in [6.07, 6.45) is 4.33. The molecule has 7 heteroatoms. The summed E-state index contributed by atoms with van der Waals surface area (Å²) in [5.41, 5.74) is 0. The highest BCUT2D eigenvalue weighted by Crippen LogP contribution is 2.19. The van der Waals surface area contributed by atoms with Gasteiger partial charge in [0.1, 0.15) is 6.10 Å². The van der Waals surface area contributed by atoms with Gasteiger partial charge in [-0.15, -0.1) is 0 Å². The largest absolute Gasteiger partial charge is 0.394 e. The maximum absolute atomic E-state index is 12.3. The minimum absolute atomic E-state index is 0.0344. The molecule has 0 aromatic heterocycles. The Kier molecular flexibility index (Phi) is 6.56. The number of nitrogens with zero attached hydrogens (tertiary/aromatic N) is 1. The van der Waals surface area contributed by atoms with Crippen LogP contribution in [0.25, 0.3) is 0 Å². The Morgan fingerprint density at radius 3 is 2.57 bits per heavy atom. The predicted octanol–water partition coefficient (Wildman–Crippen LogP) is -0.308. The molecule has 0 unspecified atom stereocenters. The molecular weight excluding hydrogens is 300 g/mol. The van der Waals surface area contributed by atoms with Crippen LogP contribution in [0.3, 0.4) is 0 Å². The molecule has 0 bridgehead atoms. The van der Waals surface area contributed by atoms with Gasteiger partial charge in [0, 0.05) is 33.2 Å². The van der Waals surface area contributed by atoms with Crippen LogP contribution in [0.15, 0.2) is 12.2 Å². The summed E-state index contributed by atoms with van der Waals surface area (Å²) < 4.78 is 11.0. The van der Waals surface area contributed by atoms with Crippen LogP contribution >= 0.6 is 0 Å². The number of aliphatic hydroxyl groups excluding tert-OH is 1. The summed E-state index contributed by atoms with van der Waals surface area (Å²) in [5, 5.41) is 12.4. The molecule has 2 N–H and O–H groups in total. The van der Waals surface area contributed by atoms with Gasteiger partial charge in [0.2, 0.25) is 11.8 Å². The van der Waals surface area contributed by atoms with Gasteiger partial charge in [0.05, 0.1) is 25.2 Å². The second-order valence-electron chi connectivity index (χ2n) is 6.19. The van der Waals surface area contributed by atoms with E-state index in [9.17, 15) is 14.7 Å². The summed E-state index contributed by atoms with van der Waals surface area (Å²) in [7, 11) is 3.38. The first-order chi connectivity index (χ1) is 11.0. The van der Waals surface area contributed by atoms with Crippen molar-refractivity contribution in [1.82, 2.24) is 10.2 Å². The fourth-order valence-corrected chi connectivity index (χ4v) is 2.73.